The third kappa shape index (κ3) is 4.16. The van der Waals surface area contributed by atoms with Gasteiger partial charge in [-0.3, -0.25) is 14.8 Å². The Kier molecular flexibility index (Phi) is 5.17. The second-order valence-electron chi connectivity index (χ2n) is 6.23. The van der Waals surface area contributed by atoms with Gasteiger partial charge in [0.15, 0.2) is 9.84 Å². The molecule has 0 saturated carbocycles. The third-order valence-corrected chi connectivity index (χ3v) is 5.26. The first-order chi connectivity index (χ1) is 11.5. The molecule has 0 fully saturated rings. The van der Waals surface area contributed by atoms with Gasteiger partial charge in [0.05, 0.1) is 10.6 Å². The summed E-state index contributed by atoms with van der Waals surface area (Å²) in [5, 5.41) is 18.6. The molecule has 0 radical (unpaired) electrons. The molecule has 9 heteroatoms. The van der Waals surface area contributed by atoms with Gasteiger partial charge in [-0.2, -0.15) is 5.10 Å². The van der Waals surface area contributed by atoms with E-state index in [2.05, 4.69) is 10.4 Å². The van der Waals surface area contributed by atoms with E-state index in [4.69, 9.17) is 0 Å². The zero-order chi connectivity index (χ0) is 18.9. The summed E-state index contributed by atoms with van der Waals surface area (Å²) in [6.07, 6.45) is 1.67. The molecule has 0 spiro atoms. The average Bonchev–Trinajstić information content (AvgIpc) is 2.72. The highest BCUT2D eigenvalue weighted by molar-refractivity contribution is 7.90. The van der Waals surface area contributed by atoms with Gasteiger partial charge in [-0.25, -0.2) is 8.42 Å². The monoisotopic (exact) mass is 366 g/mol. The number of sulfone groups is 1. The fourth-order valence-electron chi connectivity index (χ4n) is 2.81. The van der Waals surface area contributed by atoms with Gasteiger partial charge in [0.2, 0.25) is 0 Å². The van der Waals surface area contributed by atoms with Crippen molar-refractivity contribution in [3.8, 4) is 0 Å². The maximum Gasteiger partial charge on any atom is 0.288 e. The lowest BCUT2D eigenvalue weighted by Gasteiger charge is -2.16. The van der Waals surface area contributed by atoms with Crippen molar-refractivity contribution in [1.29, 1.82) is 0 Å². The van der Waals surface area contributed by atoms with Gasteiger partial charge >= 0.3 is 0 Å². The second kappa shape index (κ2) is 6.83. The van der Waals surface area contributed by atoms with Gasteiger partial charge in [-0.05, 0) is 44.9 Å². The van der Waals surface area contributed by atoms with E-state index in [9.17, 15) is 18.5 Å². The van der Waals surface area contributed by atoms with Crippen LogP contribution in [0, 0.1) is 24.0 Å². The van der Waals surface area contributed by atoms with Crippen LogP contribution < -0.4 is 5.32 Å². The van der Waals surface area contributed by atoms with Crippen LogP contribution in [0.15, 0.2) is 23.1 Å². The zero-order valence-electron chi connectivity index (χ0n) is 14.9. The zero-order valence-corrected chi connectivity index (χ0v) is 15.7. The lowest BCUT2D eigenvalue weighted by atomic mass is 10.1. The summed E-state index contributed by atoms with van der Waals surface area (Å²) in [5.41, 5.74) is 3.27. The van der Waals surface area contributed by atoms with Crippen molar-refractivity contribution in [2.45, 2.75) is 38.1 Å². The van der Waals surface area contributed by atoms with Crippen molar-refractivity contribution in [1.82, 2.24) is 9.78 Å². The molecule has 1 unspecified atom stereocenters. The van der Waals surface area contributed by atoms with E-state index in [1.54, 1.807) is 0 Å². The average molecular weight is 366 g/mol. The first-order valence-electron chi connectivity index (χ1n) is 7.74. The van der Waals surface area contributed by atoms with Gasteiger partial charge in [-0.1, -0.05) is 0 Å². The SMILES string of the molecule is Cc1nn(C)c(C)c1CC(C)Nc1ccc([N+](=O)[O-])c(S(C)(=O)=O)c1. The molecule has 2 aromatic rings. The number of nitrogens with one attached hydrogen (secondary N) is 1. The number of hydrogen-bond donors (Lipinski definition) is 1. The van der Waals surface area contributed by atoms with Crippen LogP contribution in [-0.2, 0) is 23.3 Å². The lowest BCUT2D eigenvalue weighted by Crippen LogP contribution is -2.19. The van der Waals surface area contributed by atoms with Crippen molar-refractivity contribution in [2.75, 3.05) is 11.6 Å². The molecule has 0 aliphatic carbocycles. The summed E-state index contributed by atoms with van der Waals surface area (Å²) in [4.78, 5) is 10.1. The number of nitrogens with zero attached hydrogens (tertiary/aromatic N) is 3. The molecular weight excluding hydrogens is 344 g/mol. The van der Waals surface area contributed by atoms with E-state index >= 15 is 0 Å². The number of hydrogen-bond acceptors (Lipinski definition) is 6. The van der Waals surface area contributed by atoms with E-state index in [0.717, 1.165) is 23.2 Å². The summed E-state index contributed by atoms with van der Waals surface area (Å²) in [6, 6.07) is 4.04. The maximum atomic E-state index is 11.8. The number of anilines is 1. The van der Waals surface area contributed by atoms with Crippen molar-refractivity contribution in [3.05, 3.63) is 45.3 Å². The number of nitro benzene ring substituents is 1. The molecule has 1 heterocycles. The van der Waals surface area contributed by atoms with Crippen molar-refractivity contribution in [3.63, 3.8) is 0 Å². The normalized spacial score (nSPS) is 12.8. The molecule has 0 aliphatic rings. The molecule has 0 bridgehead atoms. The Morgan fingerprint density at radius 3 is 2.48 bits per heavy atom. The predicted octanol–water partition coefficient (Wildman–Crippen LogP) is 2.39. The quantitative estimate of drug-likeness (QED) is 0.621. The Morgan fingerprint density at radius 2 is 2.00 bits per heavy atom. The van der Waals surface area contributed by atoms with Crippen LogP contribution in [0.4, 0.5) is 11.4 Å². The first kappa shape index (κ1) is 18.9. The summed E-state index contributed by atoms with van der Waals surface area (Å²) in [5.74, 6) is 0. The molecule has 25 heavy (non-hydrogen) atoms. The van der Waals surface area contributed by atoms with Crippen molar-refractivity contribution >= 4 is 21.2 Å². The van der Waals surface area contributed by atoms with E-state index in [1.807, 2.05) is 32.5 Å². The van der Waals surface area contributed by atoms with Gasteiger partial charge in [0, 0.05) is 36.8 Å². The lowest BCUT2D eigenvalue weighted by molar-refractivity contribution is -0.387. The molecule has 1 aromatic heterocycles. The van der Waals surface area contributed by atoms with Gasteiger partial charge in [0.1, 0.15) is 4.90 Å². The van der Waals surface area contributed by atoms with E-state index in [1.165, 1.54) is 18.2 Å². The molecule has 2 rings (SSSR count). The minimum Gasteiger partial charge on any atom is -0.382 e. The first-order valence-corrected chi connectivity index (χ1v) is 9.64. The minimum atomic E-state index is -3.70. The van der Waals surface area contributed by atoms with Crippen LogP contribution in [0.25, 0.3) is 0 Å². The number of aromatic nitrogens is 2. The fraction of sp³-hybridized carbons (Fsp3) is 0.438. The highest BCUT2D eigenvalue weighted by Gasteiger charge is 2.23. The Balaban J connectivity index is 2.26. The van der Waals surface area contributed by atoms with Gasteiger partial charge < -0.3 is 5.32 Å². The van der Waals surface area contributed by atoms with E-state index in [0.29, 0.717) is 12.1 Å². The van der Waals surface area contributed by atoms with Gasteiger partial charge in [-0.15, -0.1) is 0 Å². The summed E-state index contributed by atoms with van der Waals surface area (Å²) in [7, 11) is -1.81. The number of nitro groups is 1. The molecule has 1 N–H and O–H groups in total. The highest BCUT2D eigenvalue weighted by Crippen LogP contribution is 2.27. The van der Waals surface area contributed by atoms with Crippen molar-refractivity contribution < 1.29 is 13.3 Å². The Hall–Kier alpha value is -2.42. The van der Waals surface area contributed by atoms with Crippen molar-refractivity contribution in [2.24, 2.45) is 7.05 Å². The molecule has 1 aromatic carbocycles. The molecule has 8 nitrogen and oxygen atoms in total. The molecule has 136 valence electrons. The standard InChI is InChI=1S/C16H22N4O4S/c1-10(8-14-11(2)18-19(4)12(14)3)17-13-6-7-15(20(21)22)16(9-13)25(5,23)24/h6-7,9-10,17H,8H2,1-5H3. The highest BCUT2D eigenvalue weighted by atomic mass is 32.2. The maximum absolute atomic E-state index is 11.8. The number of rotatable bonds is 6. The van der Waals surface area contributed by atoms with Crippen LogP contribution in [0.5, 0.6) is 0 Å². The summed E-state index contributed by atoms with van der Waals surface area (Å²) >= 11 is 0. The van der Waals surface area contributed by atoms with Gasteiger partial charge in [0.25, 0.3) is 5.69 Å². The summed E-state index contributed by atoms with van der Waals surface area (Å²) < 4.78 is 25.5. The second-order valence-corrected chi connectivity index (χ2v) is 8.22. The molecular formula is C16H22N4O4S. The molecule has 0 amide bonds. The van der Waals surface area contributed by atoms with Crippen LogP contribution in [-0.4, -0.2) is 35.4 Å². The number of benzene rings is 1. The fourth-order valence-corrected chi connectivity index (χ4v) is 3.67. The molecule has 0 saturated heterocycles. The summed E-state index contributed by atoms with van der Waals surface area (Å²) in [6.45, 7) is 5.91. The minimum absolute atomic E-state index is 0.00420. The van der Waals surface area contributed by atoms with Crippen LogP contribution in [0.3, 0.4) is 0 Å². The Labute approximate surface area is 146 Å². The van der Waals surface area contributed by atoms with Crippen LogP contribution in [0.1, 0.15) is 23.9 Å². The van der Waals surface area contributed by atoms with Crippen LogP contribution in [0.2, 0.25) is 0 Å². The van der Waals surface area contributed by atoms with E-state index < -0.39 is 20.4 Å². The molecule has 0 aliphatic heterocycles. The molecule has 1 atom stereocenters. The third-order valence-electron chi connectivity index (χ3n) is 4.14. The van der Waals surface area contributed by atoms with Crippen LogP contribution >= 0.6 is 0 Å². The smallest absolute Gasteiger partial charge is 0.288 e. The Bertz CT molecular complexity index is 918. The van der Waals surface area contributed by atoms with E-state index in [-0.39, 0.29) is 10.9 Å². The Morgan fingerprint density at radius 1 is 1.36 bits per heavy atom. The largest absolute Gasteiger partial charge is 0.382 e. The predicted molar refractivity (Wildman–Crippen MR) is 95.7 cm³/mol. The number of aryl methyl sites for hydroxylation is 2. The topological polar surface area (TPSA) is 107 Å².